The number of carbonyl (C=O) groups is 2. The first kappa shape index (κ1) is 24.6. The largest absolute Gasteiger partial charge is 0.459 e. The Morgan fingerprint density at radius 2 is 2.03 bits per heavy atom. The monoisotopic (exact) mass is 510 g/mol. The van der Waals surface area contributed by atoms with Gasteiger partial charge >= 0.3 is 5.97 Å². The molecule has 2 aromatic carbocycles. The van der Waals surface area contributed by atoms with Crippen molar-refractivity contribution in [3.8, 4) is 11.6 Å². The van der Waals surface area contributed by atoms with Crippen molar-refractivity contribution in [1.29, 1.82) is 0 Å². The van der Waals surface area contributed by atoms with Crippen LogP contribution >= 0.6 is 23.4 Å². The number of hydrogen-bond acceptors (Lipinski definition) is 7. The van der Waals surface area contributed by atoms with Gasteiger partial charge in [-0.25, -0.2) is 4.79 Å². The second kappa shape index (κ2) is 10.8. The van der Waals surface area contributed by atoms with Gasteiger partial charge in [0.2, 0.25) is 11.7 Å². The second-order valence-corrected chi connectivity index (χ2v) is 9.19. The Kier molecular flexibility index (Phi) is 7.57. The standard InChI is InChI=1S/C25H23ClN4O4S/c1-4-11-30-23(21-13-16-7-5-6-8-20(16)34-21)28-29-25(30)35-14-22(31)27-19-12-17(9-10-18(19)26)24(32)33-15(2)3/h4-10,12-13,15H,1,11,14H2,2-3H3,(H,27,31). The number of allylic oxidation sites excluding steroid dienone is 1. The Balaban J connectivity index is 1.47. The van der Waals surface area contributed by atoms with Crippen LogP contribution in [0.1, 0.15) is 24.2 Å². The van der Waals surface area contributed by atoms with Gasteiger partial charge < -0.3 is 14.5 Å². The number of nitrogens with zero attached hydrogens (tertiary/aromatic N) is 3. The van der Waals surface area contributed by atoms with Gasteiger partial charge in [-0.2, -0.15) is 0 Å². The summed E-state index contributed by atoms with van der Waals surface area (Å²) in [5, 5.41) is 13.1. The molecule has 0 aliphatic heterocycles. The van der Waals surface area contributed by atoms with Gasteiger partial charge in [0.15, 0.2) is 10.9 Å². The summed E-state index contributed by atoms with van der Waals surface area (Å²) in [6, 6.07) is 14.2. The number of furan rings is 1. The lowest BCUT2D eigenvalue weighted by molar-refractivity contribution is -0.113. The minimum absolute atomic E-state index is 0.0480. The summed E-state index contributed by atoms with van der Waals surface area (Å²) in [4.78, 5) is 24.8. The third kappa shape index (κ3) is 5.75. The number of fused-ring (bicyclic) bond motifs is 1. The summed E-state index contributed by atoms with van der Waals surface area (Å²) in [5.74, 6) is 0.367. The molecule has 35 heavy (non-hydrogen) atoms. The van der Waals surface area contributed by atoms with Crippen molar-refractivity contribution in [2.45, 2.75) is 31.7 Å². The van der Waals surface area contributed by atoms with Crippen molar-refractivity contribution in [2.75, 3.05) is 11.1 Å². The molecule has 1 amide bonds. The van der Waals surface area contributed by atoms with Crippen LogP contribution in [-0.2, 0) is 16.1 Å². The number of rotatable bonds is 9. The van der Waals surface area contributed by atoms with Crippen LogP contribution in [0.15, 0.2) is 70.8 Å². The molecule has 10 heteroatoms. The van der Waals surface area contributed by atoms with Gasteiger partial charge in [-0.3, -0.25) is 9.36 Å². The lowest BCUT2D eigenvalue weighted by Gasteiger charge is -2.11. The van der Waals surface area contributed by atoms with Crippen LogP contribution in [0.2, 0.25) is 5.02 Å². The van der Waals surface area contributed by atoms with Gasteiger partial charge in [-0.05, 0) is 44.2 Å². The van der Waals surface area contributed by atoms with Crippen LogP contribution in [-0.4, -0.2) is 38.5 Å². The third-order valence-corrected chi connectivity index (χ3v) is 6.12. The SMILES string of the molecule is C=CCn1c(SCC(=O)Nc2cc(C(=O)OC(C)C)ccc2Cl)nnc1-c1cc2ccccc2o1. The number of carbonyl (C=O) groups excluding carboxylic acids is 2. The van der Waals surface area contributed by atoms with Crippen LogP contribution in [0, 0.1) is 0 Å². The number of esters is 1. The van der Waals surface area contributed by atoms with Gasteiger partial charge in [-0.15, -0.1) is 16.8 Å². The van der Waals surface area contributed by atoms with Crippen molar-refractivity contribution in [1.82, 2.24) is 14.8 Å². The minimum atomic E-state index is -0.489. The first-order chi connectivity index (χ1) is 16.9. The topological polar surface area (TPSA) is 99.2 Å². The average molecular weight is 511 g/mol. The molecule has 2 heterocycles. The third-order valence-electron chi connectivity index (χ3n) is 4.83. The predicted molar refractivity (Wildman–Crippen MR) is 137 cm³/mol. The molecular weight excluding hydrogens is 488 g/mol. The zero-order chi connectivity index (χ0) is 24.9. The van der Waals surface area contributed by atoms with E-state index in [1.165, 1.54) is 17.8 Å². The number of halogens is 1. The van der Waals surface area contributed by atoms with E-state index in [0.29, 0.717) is 39.6 Å². The number of aromatic nitrogens is 3. The van der Waals surface area contributed by atoms with Crippen LogP contribution in [0.25, 0.3) is 22.6 Å². The summed E-state index contributed by atoms with van der Waals surface area (Å²) in [6.07, 6.45) is 1.46. The normalized spacial score (nSPS) is 11.1. The molecule has 180 valence electrons. The van der Waals surface area contributed by atoms with E-state index in [2.05, 4.69) is 22.1 Å². The molecule has 4 aromatic rings. The molecule has 0 unspecified atom stereocenters. The van der Waals surface area contributed by atoms with Crippen LogP contribution in [0.4, 0.5) is 5.69 Å². The van der Waals surface area contributed by atoms with Gasteiger partial charge in [0.1, 0.15) is 5.58 Å². The Morgan fingerprint density at radius 3 is 2.77 bits per heavy atom. The van der Waals surface area contributed by atoms with Crippen molar-refractivity contribution in [3.63, 3.8) is 0 Å². The molecule has 0 aliphatic rings. The van der Waals surface area contributed by atoms with Crippen molar-refractivity contribution >= 4 is 51.9 Å². The first-order valence-electron chi connectivity index (χ1n) is 10.8. The van der Waals surface area contributed by atoms with Crippen LogP contribution in [0.3, 0.4) is 0 Å². The Labute approximate surface area is 211 Å². The van der Waals surface area contributed by atoms with E-state index in [9.17, 15) is 9.59 Å². The van der Waals surface area contributed by atoms with Crippen molar-refractivity contribution in [3.05, 3.63) is 71.8 Å². The molecular formula is C25H23ClN4O4S. The molecule has 0 spiro atoms. The quantitative estimate of drug-likeness (QED) is 0.172. The lowest BCUT2D eigenvalue weighted by atomic mass is 10.2. The molecule has 0 fully saturated rings. The van der Waals surface area contributed by atoms with E-state index in [0.717, 1.165) is 11.0 Å². The summed E-state index contributed by atoms with van der Waals surface area (Å²) in [6.45, 7) is 7.77. The average Bonchev–Trinajstić information content (AvgIpc) is 3.42. The maximum Gasteiger partial charge on any atom is 0.338 e. The maximum atomic E-state index is 12.7. The smallest absolute Gasteiger partial charge is 0.338 e. The molecule has 0 bridgehead atoms. The van der Waals surface area contributed by atoms with Gasteiger partial charge in [0, 0.05) is 11.9 Å². The fourth-order valence-electron chi connectivity index (χ4n) is 3.31. The van der Waals surface area contributed by atoms with Gasteiger partial charge in [0.05, 0.1) is 28.1 Å². The molecule has 4 rings (SSSR count). The lowest BCUT2D eigenvalue weighted by Crippen LogP contribution is -2.16. The number of anilines is 1. The Bertz CT molecular complexity index is 1360. The number of nitrogens with one attached hydrogen (secondary N) is 1. The zero-order valence-corrected chi connectivity index (χ0v) is 20.7. The minimum Gasteiger partial charge on any atom is -0.459 e. The molecule has 0 radical (unpaired) electrons. The van der Waals surface area contributed by atoms with E-state index in [4.69, 9.17) is 20.8 Å². The summed E-state index contributed by atoms with van der Waals surface area (Å²) >= 11 is 7.43. The molecule has 0 atom stereocenters. The summed E-state index contributed by atoms with van der Waals surface area (Å²) in [7, 11) is 0. The number of benzene rings is 2. The highest BCUT2D eigenvalue weighted by Gasteiger charge is 2.19. The van der Waals surface area contributed by atoms with Crippen molar-refractivity contribution < 1.29 is 18.7 Å². The zero-order valence-electron chi connectivity index (χ0n) is 19.2. The number of amides is 1. The summed E-state index contributed by atoms with van der Waals surface area (Å²) in [5.41, 5.74) is 1.37. The van der Waals surface area contributed by atoms with E-state index in [-0.39, 0.29) is 17.8 Å². The van der Waals surface area contributed by atoms with Gasteiger partial charge in [-0.1, -0.05) is 47.6 Å². The molecule has 0 saturated carbocycles. The molecule has 8 nitrogen and oxygen atoms in total. The van der Waals surface area contributed by atoms with E-state index < -0.39 is 5.97 Å². The van der Waals surface area contributed by atoms with E-state index >= 15 is 0 Å². The number of hydrogen-bond donors (Lipinski definition) is 1. The highest BCUT2D eigenvalue weighted by atomic mass is 35.5. The van der Waals surface area contributed by atoms with Crippen LogP contribution < -0.4 is 5.32 Å². The van der Waals surface area contributed by atoms with Crippen molar-refractivity contribution in [2.24, 2.45) is 0 Å². The number of para-hydroxylation sites is 1. The molecule has 2 aromatic heterocycles. The van der Waals surface area contributed by atoms with Gasteiger partial charge in [0.25, 0.3) is 0 Å². The Morgan fingerprint density at radius 1 is 1.23 bits per heavy atom. The van der Waals surface area contributed by atoms with E-state index in [1.807, 2.05) is 34.9 Å². The number of thioether (sulfide) groups is 1. The maximum absolute atomic E-state index is 12.7. The first-order valence-corrected chi connectivity index (χ1v) is 12.2. The highest BCUT2D eigenvalue weighted by Crippen LogP contribution is 2.30. The summed E-state index contributed by atoms with van der Waals surface area (Å²) < 4.78 is 13.0. The highest BCUT2D eigenvalue weighted by molar-refractivity contribution is 7.99. The predicted octanol–water partition coefficient (Wildman–Crippen LogP) is 5.83. The number of ether oxygens (including phenoxy) is 1. The second-order valence-electron chi connectivity index (χ2n) is 7.84. The molecule has 1 N–H and O–H groups in total. The molecule has 0 saturated heterocycles. The molecule has 0 aliphatic carbocycles. The Hall–Kier alpha value is -3.56. The van der Waals surface area contributed by atoms with Crippen LogP contribution in [0.5, 0.6) is 0 Å². The fourth-order valence-corrected chi connectivity index (χ4v) is 4.22. The fraction of sp³-hybridized carbons (Fsp3) is 0.200. The van der Waals surface area contributed by atoms with E-state index in [1.54, 1.807) is 32.1 Å².